The summed E-state index contributed by atoms with van der Waals surface area (Å²) in [5.74, 6) is -0.466. The molecule has 1 unspecified atom stereocenters. The van der Waals surface area contributed by atoms with Crippen LogP contribution in [0.3, 0.4) is 0 Å². The van der Waals surface area contributed by atoms with Gasteiger partial charge in [0.25, 0.3) is 0 Å². The Morgan fingerprint density at radius 3 is 2.58 bits per heavy atom. The van der Waals surface area contributed by atoms with Crippen LogP contribution < -0.4 is 10.2 Å². The molecule has 130 valence electrons. The van der Waals surface area contributed by atoms with Crippen molar-refractivity contribution in [2.24, 2.45) is 5.92 Å². The van der Waals surface area contributed by atoms with Crippen molar-refractivity contribution in [3.63, 3.8) is 0 Å². The maximum atomic E-state index is 12.7. The van der Waals surface area contributed by atoms with E-state index in [1.807, 2.05) is 66.7 Å². The quantitative estimate of drug-likeness (QED) is 0.593. The molecule has 0 bridgehead atoms. The van der Waals surface area contributed by atoms with Crippen molar-refractivity contribution in [1.29, 1.82) is 0 Å². The molecular formula is C21H17IN2O2. The lowest BCUT2D eigenvalue weighted by atomic mass is 10.1. The van der Waals surface area contributed by atoms with E-state index in [4.69, 9.17) is 0 Å². The molecule has 0 radical (unpaired) electrons. The second-order valence-corrected chi connectivity index (χ2v) is 7.53. The van der Waals surface area contributed by atoms with Crippen LogP contribution in [-0.2, 0) is 9.59 Å². The van der Waals surface area contributed by atoms with E-state index in [1.165, 1.54) is 0 Å². The fourth-order valence-corrected chi connectivity index (χ4v) is 3.88. The molecule has 1 fully saturated rings. The molecule has 0 aromatic heterocycles. The fraction of sp³-hybridized carbons (Fsp3) is 0.143. The lowest BCUT2D eigenvalue weighted by molar-refractivity contribution is -0.122. The molecule has 0 aliphatic carbocycles. The van der Waals surface area contributed by atoms with Crippen LogP contribution in [0.5, 0.6) is 0 Å². The van der Waals surface area contributed by atoms with E-state index < -0.39 is 0 Å². The van der Waals surface area contributed by atoms with Crippen LogP contribution in [0.1, 0.15) is 6.42 Å². The Hall–Kier alpha value is -2.41. The van der Waals surface area contributed by atoms with Gasteiger partial charge in [-0.1, -0.05) is 48.5 Å². The number of halogens is 1. The Bertz CT molecular complexity index is 997. The number of anilines is 2. The van der Waals surface area contributed by atoms with Crippen molar-refractivity contribution >= 4 is 56.6 Å². The number of benzene rings is 3. The van der Waals surface area contributed by atoms with Crippen molar-refractivity contribution in [2.45, 2.75) is 6.42 Å². The first-order valence-corrected chi connectivity index (χ1v) is 9.55. The zero-order chi connectivity index (χ0) is 18.1. The van der Waals surface area contributed by atoms with Crippen LogP contribution >= 0.6 is 22.6 Å². The second-order valence-electron chi connectivity index (χ2n) is 6.37. The molecule has 5 heteroatoms. The number of carbonyl (C=O) groups is 2. The predicted octanol–water partition coefficient (Wildman–Crippen LogP) is 4.44. The third-order valence-corrected chi connectivity index (χ3v) is 5.63. The van der Waals surface area contributed by atoms with Crippen LogP contribution in [0.4, 0.5) is 11.4 Å². The molecule has 0 spiro atoms. The summed E-state index contributed by atoms with van der Waals surface area (Å²) in [6, 6.07) is 21.5. The first-order valence-electron chi connectivity index (χ1n) is 8.47. The minimum absolute atomic E-state index is 0.00994. The molecule has 3 aromatic rings. The highest BCUT2D eigenvalue weighted by molar-refractivity contribution is 14.1. The summed E-state index contributed by atoms with van der Waals surface area (Å²) >= 11 is 2.19. The molecular weight excluding hydrogens is 439 g/mol. The summed E-state index contributed by atoms with van der Waals surface area (Å²) < 4.78 is 0.980. The van der Waals surface area contributed by atoms with Gasteiger partial charge in [-0.3, -0.25) is 9.59 Å². The van der Waals surface area contributed by atoms with Gasteiger partial charge in [-0.25, -0.2) is 0 Å². The summed E-state index contributed by atoms with van der Waals surface area (Å²) in [5.41, 5.74) is 1.66. The van der Waals surface area contributed by atoms with Crippen molar-refractivity contribution in [2.75, 3.05) is 16.8 Å². The number of hydrogen-bond acceptors (Lipinski definition) is 2. The lowest BCUT2D eigenvalue weighted by Crippen LogP contribution is -2.28. The number of nitrogens with one attached hydrogen (secondary N) is 1. The maximum absolute atomic E-state index is 12.7. The smallest absolute Gasteiger partial charge is 0.229 e. The molecule has 4 nitrogen and oxygen atoms in total. The summed E-state index contributed by atoms with van der Waals surface area (Å²) in [7, 11) is 0. The Balaban J connectivity index is 1.57. The fourth-order valence-electron chi connectivity index (χ4n) is 3.36. The van der Waals surface area contributed by atoms with E-state index in [1.54, 1.807) is 4.90 Å². The van der Waals surface area contributed by atoms with Crippen LogP contribution in [0.25, 0.3) is 10.8 Å². The Kier molecular flexibility index (Phi) is 4.63. The van der Waals surface area contributed by atoms with Gasteiger partial charge in [0.1, 0.15) is 0 Å². The number of carbonyl (C=O) groups excluding carboxylic acids is 2. The number of hydrogen-bond donors (Lipinski definition) is 1. The maximum Gasteiger partial charge on any atom is 0.229 e. The zero-order valence-electron chi connectivity index (χ0n) is 14.0. The van der Waals surface area contributed by atoms with Gasteiger partial charge in [-0.15, -0.1) is 0 Å². The van der Waals surface area contributed by atoms with Crippen molar-refractivity contribution in [1.82, 2.24) is 0 Å². The summed E-state index contributed by atoms with van der Waals surface area (Å²) in [5, 5.41) is 5.07. The molecule has 26 heavy (non-hydrogen) atoms. The molecule has 1 aliphatic heterocycles. The molecule has 1 N–H and O–H groups in total. The largest absolute Gasteiger partial charge is 0.325 e. The van der Waals surface area contributed by atoms with Crippen LogP contribution in [0.15, 0.2) is 66.7 Å². The van der Waals surface area contributed by atoms with Crippen LogP contribution in [0, 0.1) is 9.49 Å². The van der Waals surface area contributed by atoms with E-state index in [0.717, 1.165) is 25.7 Å². The van der Waals surface area contributed by atoms with Crippen molar-refractivity contribution in [3.8, 4) is 0 Å². The van der Waals surface area contributed by atoms with E-state index >= 15 is 0 Å². The first kappa shape index (κ1) is 17.0. The van der Waals surface area contributed by atoms with Gasteiger partial charge in [0.2, 0.25) is 11.8 Å². The number of rotatable bonds is 3. The summed E-state index contributed by atoms with van der Waals surface area (Å²) in [6.45, 7) is 0.405. The molecule has 1 aliphatic rings. The minimum atomic E-state index is -0.350. The van der Waals surface area contributed by atoms with Gasteiger partial charge >= 0.3 is 0 Å². The molecule has 1 atom stereocenters. The van der Waals surface area contributed by atoms with Gasteiger partial charge < -0.3 is 10.2 Å². The third-order valence-electron chi connectivity index (χ3n) is 4.68. The van der Waals surface area contributed by atoms with Crippen molar-refractivity contribution in [3.05, 3.63) is 70.3 Å². The zero-order valence-corrected chi connectivity index (χ0v) is 16.1. The SMILES string of the molecule is O=C(Nc1ccccc1I)C1CC(=O)N(c2cccc3ccccc23)C1. The number of amides is 2. The predicted molar refractivity (Wildman–Crippen MR) is 112 cm³/mol. The highest BCUT2D eigenvalue weighted by atomic mass is 127. The highest BCUT2D eigenvalue weighted by Crippen LogP contribution is 2.32. The van der Waals surface area contributed by atoms with E-state index in [9.17, 15) is 9.59 Å². The van der Waals surface area contributed by atoms with Crippen LogP contribution in [-0.4, -0.2) is 18.4 Å². The molecule has 1 saturated heterocycles. The highest BCUT2D eigenvalue weighted by Gasteiger charge is 2.35. The monoisotopic (exact) mass is 456 g/mol. The third kappa shape index (κ3) is 3.19. The molecule has 2 amide bonds. The van der Waals surface area contributed by atoms with E-state index in [-0.39, 0.29) is 24.2 Å². The molecule has 0 saturated carbocycles. The number of nitrogens with zero attached hydrogens (tertiary/aromatic N) is 1. The Morgan fingerprint density at radius 2 is 1.73 bits per heavy atom. The van der Waals surface area contributed by atoms with Crippen LogP contribution in [0.2, 0.25) is 0 Å². The topological polar surface area (TPSA) is 49.4 Å². The standard InChI is InChI=1S/C21H17IN2O2/c22-17-9-3-4-10-18(17)23-21(26)15-12-20(25)24(13-15)19-11-5-7-14-6-1-2-8-16(14)19/h1-11,15H,12-13H2,(H,23,26). The molecule has 3 aromatic carbocycles. The van der Waals surface area contributed by atoms with Gasteiger partial charge in [0, 0.05) is 21.9 Å². The molecule has 1 heterocycles. The van der Waals surface area contributed by atoms with E-state index in [0.29, 0.717) is 6.54 Å². The normalized spacial score (nSPS) is 16.9. The van der Waals surface area contributed by atoms with Gasteiger partial charge in [0.15, 0.2) is 0 Å². The average Bonchev–Trinajstić information content (AvgIpc) is 3.05. The van der Waals surface area contributed by atoms with Crippen molar-refractivity contribution < 1.29 is 9.59 Å². The van der Waals surface area contributed by atoms with E-state index in [2.05, 4.69) is 27.9 Å². The van der Waals surface area contributed by atoms with Gasteiger partial charge in [0.05, 0.1) is 17.3 Å². The Morgan fingerprint density at radius 1 is 1.00 bits per heavy atom. The lowest BCUT2D eigenvalue weighted by Gasteiger charge is -2.19. The second kappa shape index (κ2) is 7.07. The Labute approximate surface area is 165 Å². The van der Waals surface area contributed by atoms with Gasteiger partial charge in [-0.05, 0) is 46.2 Å². The first-order chi connectivity index (χ1) is 12.6. The summed E-state index contributed by atoms with van der Waals surface area (Å²) in [6.07, 6.45) is 0.235. The average molecular weight is 456 g/mol. The summed E-state index contributed by atoms with van der Waals surface area (Å²) in [4.78, 5) is 27.0. The minimum Gasteiger partial charge on any atom is -0.325 e. The number of fused-ring (bicyclic) bond motifs is 1. The van der Waals surface area contributed by atoms with Gasteiger partial charge in [-0.2, -0.15) is 0 Å². The molecule has 4 rings (SSSR count). The number of para-hydroxylation sites is 1.